The summed E-state index contributed by atoms with van der Waals surface area (Å²) in [5.74, 6) is 0.0551. The van der Waals surface area contributed by atoms with Gasteiger partial charge >= 0.3 is 0 Å². The van der Waals surface area contributed by atoms with Crippen molar-refractivity contribution in [3.8, 4) is 0 Å². The summed E-state index contributed by atoms with van der Waals surface area (Å²) in [5, 5.41) is 13.9. The fraction of sp³-hybridized carbons (Fsp3) is 0.571. The quantitative estimate of drug-likeness (QED) is 0.725. The van der Waals surface area contributed by atoms with E-state index >= 15 is 0 Å². The number of aromatic nitrogens is 2. The number of carbonyl (C=O) groups is 1. The summed E-state index contributed by atoms with van der Waals surface area (Å²) in [6.45, 7) is 3.18. The van der Waals surface area contributed by atoms with E-state index in [2.05, 4.69) is 20.8 Å². The van der Waals surface area contributed by atoms with Gasteiger partial charge in [0.1, 0.15) is 5.51 Å². The molecular formula is C7H12N4OS. The predicted molar refractivity (Wildman–Crippen MR) is 51.7 cm³/mol. The Morgan fingerprint density at radius 3 is 3.15 bits per heavy atom. The standard InChI is InChI=1S/C7H12N4OS/c1-2-8-6(12)3-4-9-7-11-10-5-13-7/h5H,2-4H2,1H3,(H,8,12)(H,9,11). The van der Waals surface area contributed by atoms with Crippen LogP contribution in [-0.2, 0) is 4.79 Å². The van der Waals surface area contributed by atoms with Crippen LogP contribution in [0.1, 0.15) is 13.3 Å². The third-order valence-electron chi connectivity index (χ3n) is 1.36. The maximum atomic E-state index is 11.0. The number of amides is 1. The largest absolute Gasteiger partial charge is 0.360 e. The molecular weight excluding hydrogens is 188 g/mol. The van der Waals surface area contributed by atoms with Crippen LogP contribution in [0.25, 0.3) is 0 Å². The van der Waals surface area contributed by atoms with Crippen molar-refractivity contribution in [3.63, 3.8) is 0 Å². The maximum Gasteiger partial charge on any atom is 0.221 e. The number of hydrogen-bond donors (Lipinski definition) is 2. The average Bonchev–Trinajstić information content (AvgIpc) is 2.57. The summed E-state index contributed by atoms with van der Waals surface area (Å²) in [4.78, 5) is 11.0. The third kappa shape index (κ3) is 3.84. The normalized spacial score (nSPS) is 9.62. The first kappa shape index (κ1) is 9.91. The van der Waals surface area contributed by atoms with Gasteiger partial charge in [0.2, 0.25) is 11.0 Å². The minimum absolute atomic E-state index is 0.0551. The van der Waals surface area contributed by atoms with Crippen LogP contribution in [0.2, 0.25) is 0 Å². The molecule has 0 aliphatic rings. The second-order valence-electron chi connectivity index (χ2n) is 2.37. The average molecular weight is 200 g/mol. The molecule has 0 aliphatic heterocycles. The highest BCUT2D eigenvalue weighted by atomic mass is 32.1. The van der Waals surface area contributed by atoms with E-state index in [1.807, 2.05) is 6.92 Å². The summed E-state index contributed by atoms with van der Waals surface area (Å²) >= 11 is 1.42. The molecule has 1 amide bonds. The summed E-state index contributed by atoms with van der Waals surface area (Å²) in [6.07, 6.45) is 0.466. The molecule has 2 N–H and O–H groups in total. The first-order valence-electron chi connectivity index (χ1n) is 4.09. The van der Waals surface area contributed by atoms with Crippen LogP contribution in [0.15, 0.2) is 5.51 Å². The van der Waals surface area contributed by atoms with Crippen molar-refractivity contribution in [2.45, 2.75) is 13.3 Å². The molecule has 0 radical (unpaired) electrons. The highest BCUT2D eigenvalue weighted by Gasteiger charge is 1.99. The highest BCUT2D eigenvalue weighted by Crippen LogP contribution is 2.06. The van der Waals surface area contributed by atoms with E-state index in [4.69, 9.17) is 0 Å². The molecule has 0 aliphatic carbocycles. The van der Waals surface area contributed by atoms with E-state index in [-0.39, 0.29) is 5.91 Å². The smallest absolute Gasteiger partial charge is 0.221 e. The minimum Gasteiger partial charge on any atom is -0.360 e. The fourth-order valence-corrected chi connectivity index (χ4v) is 1.29. The predicted octanol–water partition coefficient (Wildman–Crippen LogP) is 0.476. The van der Waals surface area contributed by atoms with E-state index in [1.165, 1.54) is 11.3 Å². The summed E-state index contributed by atoms with van der Waals surface area (Å²) < 4.78 is 0. The first-order chi connectivity index (χ1) is 6.33. The van der Waals surface area contributed by atoms with Crippen molar-refractivity contribution < 1.29 is 4.79 Å². The Kier molecular flexibility index (Phi) is 4.17. The Morgan fingerprint density at radius 1 is 1.69 bits per heavy atom. The number of nitrogens with zero attached hydrogens (tertiary/aromatic N) is 2. The summed E-state index contributed by atoms with van der Waals surface area (Å²) in [6, 6.07) is 0. The molecule has 5 nitrogen and oxygen atoms in total. The monoisotopic (exact) mass is 200 g/mol. The Morgan fingerprint density at radius 2 is 2.54 bits per heavy atom. The first-order valence-corrected chi connectivity index (χ1v) is 4.97. The number of nitrogens with one attached hydrogen (secondary N) is 2. The highest BCUT2D eigenvalue weighted by molar-refractivity contribution is 7.13. The topological polar surface area (TPSA) is 66.9 Å². The van der Waals surface area contributed by atoms with Crippen molar-refractivity contribution in [3.05, 3.63) is 5.51 Å². The summed E-state index contributed by atoms with van der Waals surface area (Å²) in [5.41, 5.74) is 1.65. The molecule has 1 heterocycles. The molecule has 0 bridgehead atoms. The van der Waals surface area contributed by atoms with Gasteiger partial charge in [-0.05, 0) is 6.92 Å². The number of hydrogen-bond acceptors (Lipinski definition) is 5. The van der Waals surface area contributed by atoms with Crippen LogP contribution in [0.5, 0.6) is 0 Å². The van der Waals surface area contributed by atoms with E-state index in [1.54, 1.807) is 5.51 Å². The molecule has 13 heavy (non-hydrogen) atoms. The van der Waals surface area contributed by atoms with Crippen LogP contribution in [0.3, 0.4) is 0 Å². The van der Waals surface area contributed by atoms with Gasteiger partial charge in [-0.2, -0.15) is 0 Å². The van der Waals surface area contributed by atoms with Gasteiger partial charge in [0.25, 0.3) is 0 Å². The SMILES string of the molecule is CCNC(=O)CCNc1nncs1. The minimum atomic E-state index is 0.0551. The molecule has 0 aromatic carbocycles. The zero-order chi connectivity index (χ0) is 9.52. The van der Waals surface area contributed by atoms with Crippen LogP contribution in [0.4, 0.5) is 5.13 Å². The second kappa shape index (κ2) is 5.47. The molecule has 6 heteroatoms. The zero-order valence-corrected chi connectivity index (χ0v) is 8.23. The Labute approximate surface area is 80.6 Å². The molecule has 0 unspecified atom stereocenters. The van der Waals surface area contributed by atoms with E-state index in [0.29, 0.717) is 19.5 Å². The Bertz CT molecular complexity index is 249. The van der Waals surface area contributed by atoms with Gasteiger partial charge in [-0.15, -0.1) is 10.2 Å². The van der Waals surface area contributed by atoms with Gasteiger partial charge in [-0.3, -0.25) is 4.79 Å². The lowest BCUT2D eigenvalue weighted by atomic mass is 10.4. The molecule has 0 saturated heterocycles. The van der Waals surface area contributed by atoms with Gasteiger partial charge in [0, 0.05) is 19.5 Å². The Balaban J connectivity index is 2.11. The fourth-order valence-electron chi connectivity index (χ4n) is 0.819. The van der Waals surface area contributed by atoms with Gasteiger partial charge in [0.15, 0.2) is 0 Å². The maximum absolute atomic E-state index is 11.0. The number of carbonyl (C=O) groups excluding carboxylic acids is 1. The molecule has 1 aromatic rings. The summed E-state index contributed by atoms with van der Waals surface area (Å²) in [7, 11) is 0. The van der Waals surface area contributed by atoms with Crippen molar-refractivity contribution in [2.24, 2.45) is 0 Å². The van der Waals surface area contributed by atoms with E-state index < -0.39 is 0 Å². The van der Waals surface area contributed by atoms with Crippen LogP contribution in [0, 0.1) is 0 Å². The van der Waals surface area contributed by atoms with Crippen molar-refractivity contribution in [1.82, 2.24) is 15.5 Å². The number of anilines is 1. The zero-order valence-electron chi connectivity index (χ0n) is 7.41. The van der Waals surface area contributed by atoms with Crippen molar-refractivity contribution in [2.75, 3.05) is 18.4 Å². The van der Waals surface area contributed by atoms with Gasteiger partial charge in [-0.25, -0.2) is 0 Å². The molecule has 0 spiro atoms. The van der Waals surface area contributed by atoms with Crippen molar-refractivity contribution >= 4 is 22.4 Å². The lowest BCUT2D eigenvalue weighted by molar-refractivity contribution is -0.120. The molecule has 0 fully saturated rings. The van der Waals surface area contributed by atoms with Gasteiger partial charge < -0.3 is 10.6 Å². The third-order valence-corrected chi connectivity index (χ3v) is 2.01. The van der Waals surface area contributed by atoms with Crippen LogP contribution < -0.4 is 10.6 Å². The molecule has 0 atom stereocenters. The second-order valence-corrected chi connectivity index (χ2v) is 3.21. The lowest BCUT2D eigenvalue weighted by Crippen LogP contribution is -2.24. The number of rotatable bonds is 5. The van der Waals surface area contributed by atoms with Crippen LogP contribution in [-0.4, -0.2) is 29.2 Å². The molecule has 1 rings (SSSR count). The van der Waals surface area contributed by atoms with Gasteiger partial charge in [0.05, 0.1) is 0 Å². The molecule has 0 saturated carbocycles. The lowest BCUT2D eigenvalue weighted by Gasteiger charge is -2.01. The van der Waals surface area contributed by atoms with Gasteiger partial charge in [-0.1, -0.05) is 11.3 Å². The van der Waals surface area contributed by atoms with Crippen molar-refractivity contribution in [1.29, 1.82) is 0 Å². The Hall–Kier alpha value is -1.17. The van der Waals surface area contributed by atoms with E-state index in [0.717, 1.165) is 5.13 Å². The molecule has 1 aromatic heterocycles. The molecule has 72 valence electrons. The van der Waals surface area contributed by atoms with E-state index in [9.17, 15) is 4.79 Å². The van der Waals surface area contributed by atoms with Crippen LogP contribution >= 0.6 is 11.3 Å².